The van der Waals surface area contributed by atoms with Crippen LogP contribution in [0.15, 0.2) is 24.3 Å². The van der Waals surface area contributed by atoms with E-state index in [4.69, 9.17) is 4.74 Å². The van der Waals surface area contributed by atoms with Gasteiger partial charge in [0, 0.05) is 19.1 Å². The van der Waals surface area contributed by atoms with E-state index in [1.54, 1.807) is 12.1 Å². The van der Waals surface area contributed by atoms with E-state index in [0.29, 0.717) is 25.1 Å². The van der Waals surface area contributed by atoms with Crippen LogP contribution in [0.4, 0.5) is 4.39 Å². The summed E-state index contributed by atoms with van der Waals surface area (Å²) in [6, 6.07) is 5.52. The molecule has 0 radical (unpaired) electrons. The SMILES string of the molecule is CC(CC(O)c1ccc(F)cc1)NC(=O)C1CN(C)CCO1. The number of nitrogens with one attached hydrogen (secondary N) is 1. The number of rotatable bonds is 5. The Balaban J connectivity index is 1.82. The fraction of sp³-hybridized carbons (Fsp3) is 0.562. The predicted molar refractivity (Wildman–Crippen MR) is 80.8 cm³/mol. The van der Waals surface area contributed by atoms with E-state index in [9.17, 15) is 14.3 Å². The lowest BCUT2D eigenvalue weighted by Crippen LogP contribution is -2.50. The Morgan fingerprint density at radius 3 is 2.82 bits per heavy atom. The monoisotopic (exact) mass is 310 g/mol. The molecular formula is C16H23FN2O3. The van der Waals surface area contributed by atoms with Gasteiger partial charge in [0.25, 0.3) is 5.91 Å². The summed E-state index contributed by atoms with van der Waals surface area (Å²) in [5, 5.41) is 13.0. The summed E-state index contributed by atoms with van der Waals surface area (Å²) in [4.78, 5) is 14.2. The zero-order valence-corrected chi connectivity index (χ0v) is 13.0. The molecule has 22 heavy (non-hydrogen) atoms. The molecule has 1 aliphatic rings. The molecule has 0 saturated carbocycles. The molecule has 1 fully saturated rings. The zero-order chi connectivity index (χ0) is 16.1. The number of nitrogens with zero attached hydrogens (tertiary/aromatic N) is 1. The number of aliphatic hydroxyl groups excluding tert-OH is 1. The summed E-state index contributed by atoms with van der Waals surface area (Å²) in [6.07, 6.45) is -0.852. The van der Waals surface area contributed by atoms with Crippen LogP contribution < -0.4 is 5.32 Å². The molecule has 1 saturated heterocycles. The van der Waals surface area contributed by atoms with Crippen molar-refractivity contribution in [1.29, 1.82) is 0 Å². The van der Waals surface area contributed by atoms with Gasteiger partial charge in [-0.2, -0.15) is 0 Å². The lowest BCUT2D eigenvalue weighted by Gasteiger charge is -2.30. The summed E-state index contributed by atoms with van der Waals surface area (Å²) in [5.41, 5.74) is 0.635. The topological polar surface area (TPSA) is 61.8 Å². The van der Waals surface area contributed by atoms with Crippen LogP contribution in [0.5, 0.6) is 0 Å². The highest BCUT2D eigenvalue weighted by molar-refractivity contribution is 5.81. The minimum atomic E-state index is -0.745. The van der Waals surface area contributed by atoms with Gasteiger partial charge in [0.1, 0.15) is 11.9 Å². The van der Waals surface area contributed by atoms with Crippen LogP contribution in [0.1, 0.15) is 25.0 Å². The van der Waals surface area contributed by atoms with E-state index < -0.39 is 12.2 Å². The normalized spacial score (nSPS) is 22.1. The molecule has 2 rings (SSSR count). The van der Waals surface area contributed by atoms with Crippen molar-refractivity contribution in [2.24, 2.45) is 0 Å². The molecule has 1 heterocycles. The minimum Gasteiger partial charge on any atom is -0.388 e. The van der Waals surface area contributed by atoms with Crippen molar-refractivity contribution in [2.75, 3.05) is 26.7 Å². The quantitative estimate of drug-likeness (QED) is 0.854. The third-order valence-electron chi connectivity index (χ3n) is 3.78. The van der Waals surface area contributed by atoms with Crippen LogP contribution in [0.25, 0.3) is 0 Å². The first-order valence-corrected chi connectivity index (χ1v) is 7.49. The van der Waals surface area contributed by atoms with Crippen LogP contribution in [0.2, 0.25) is 0 Å². The lowest BCUT2D eigenvalue weighted by molar-refractivity contribution is -0.138. The third kappa shape index (κ3) is 4.76. The number of hydrogen-bond donors (Lipinski definition) is 2. The average Bonchev–Trinajstić information content (AvgIpc) is 2.47. The fourth-order valence-corrected chi connectivity index (χ4v) is 2.49. The minimum absolute atomic E-state index is 0.162. The van der Waals surface area contributed by atoms with Gasteiger partial charge in [0.05, 0.1) is 12.7 Å². The second-order valence-corrected chi connectivity index (χ2v) is 5.83. The van der Waals surface area contributed by atoms with Gasteiger partial charge in [0.15, 0.2) is 0 Å². The molecular weight excluding hydrogens is 287 g/mol. The van der Waals surface area contributed by atoms with Crippen LogP contribution in [-0.4, -0.2) is 54.8 Å². The lowest BCUT2D eigenvalue weighted by atomic mass is 10.0. The number of benzene rings is 1. The number of aliphatic hydroxyl groups is 1. The van der Waals surface area contributed by atoms with Crippen molar-refractivity contribution in [3.05, 3.63) is 35.6 Å². The van der Waals surface area contributed by atoms with E-state index in [1.165, 1.54) is 12.1 Å². The summed E-state index contributed by atoms with van der Waals surface area (Å²) < 4.78 is 18.3. The Labute approximate surface area is 130 Å². The van der Waals surface area contributed by atoms with E-state index in [2.05, 4.69) is 5.32 Å². The highest BCUT2D eigenvalue weighted by Gasteiger charge is 2.26. The number of amides is 1. The van der Waals surface area contributed by atoms with Crippen molar-refractivity contribution in [3.63, 3.8) is 0 Å². The van der Waals surface area contributed by atoms with Gasteiger partial charge in [-0.05, 0) is 38.1 Å². The van der Waals surface area contributed by atoms with E-state index in [1.807, 2.05) is 18.9 Å². The summed E-state index contributed by atoms with van der Waals surface area (Å²) >= 11 is 0. The number of likely N-dealkylation sites (N-methyl/N-ethyl adjacent to an activating group) is 1. The Bertz CT molecular complexity index is 495. The van der Waals surface area contributed by atoms with Gasteiger partial charge in [-0.1, -0.05) is 12.1 Å². The molecule has 3 unspecified atom stereocenters. The van der Waals surface area contributed by atoms with Crippen LogP contribution in [0, 0.1) is 5.82 Å². The Kier molecular flexibility index (Phi) is 5.88. The molecule has 1 aromatic rings. The molecule has 0 aliphatic carbocycles. The van der Waals surface area contributed by atoms with Gasteiger partial charge in [-0.25, -0.2) is 4.39 Å². The first-order valence-electron chi connectivity index (χ1n) is 7.49. The maximum Gasteiger partial charge on any atom is 0.250 e. The molecule has 0 aromatic heterocycles. The molecule has 122 valence electrons. The van der Waals surface area contributed by atoms with Crippen molar-refractivity contribution >= 4 is 5.91 Å². The van der Waals surface area contributed by atoms with E-state index >= 15 is 0 Å². The molecule has 5 nitrogen and oxygen atoms in total. The number of morpholine rings is 1. The smallest absolute Gasteiger partial charge is 0.250 e. The van der Waals surface area contributed by atoms with E-state index in [-0.39, 0.29) is 17.8 Å². The largest absolute Gasteiger partial charge is 0.388 e. The number of carbonyl (C=O) groups excluding carboxylic acids is 1. The fourth-order valence-electron chi connectivity index (χ4n) is 2.49. The predicted octanol–water partition coefficient (Wildman–Crippen LogP) is 1.08. The maximum absolute atomic E-state index is 12.9. The average molecular weight is 310 g/mol. The van der Waals surface area contributed by atoms with Crippen molar-refractivity contribution < 1.29 is 19.0 Å². The van der Waals surface area contributed by atoms with Crippen LogP contribution in [-0.2, 0) is 9.53 Å². The third-order valence-corrected chi connectivity index (χ3v) is 3.78. The van der Waals surface area contributed by atoms with Gasteiger partial charge in [-0.15, -0.1) is 0 Å². The molecule has 6 heteroatoms. The number of ether oxygens (including phenoxy) is 1. The second kappa shape index (κ2) is 7.67. The molecule has 1 aromatic carbocycles. The first-order chi connectivity index (χ1) is 10.5. The Morgan fingerprint density at radius 1 is 1.50 bits per heavy atom. The molecule has 1 amide bonds. The zero-order valence-electron chi connectivity index (χ0n) is 13.0. The van der Waals surface area contributed by atoms with Crippen molar-refractivity contribution in [3.8, 4) is 0 Å². The van der Waals surface area contributed by atoms with Crippen molar-refractivity contribution in [2.45, 2.75) is 31.6 Å². The summed E-state index contributed by atoms with van der Waals surface area (Å²) in [5.74, 6) is -0.499. The summed E-state index contributed by atoms with van der Waals surface area (Å²) in [6.45, 7) is 3.76. The Hall–Kier alpha value is -1.50. The van der Waals surface area contributed by atoms with Crippen molar-refractivity contribution in [1.82, 2.24) is 10.2 Å². The van der Waals surface area contributed by atoms with Crippen LogP contribution in [0.3, 0.4) is 0 Å². The standard InChI is InChI=1S/C16H23FN2O3/c1-11(9-14(20)12-3-5-13(17)6-4-12)18-16(21)15-10-19(2)7-8-22-15/h3-6,11,14-15,20H,7-10H2,1-2H3,(H,18,21). The highest BCUT2D eigenvalue weighted by atomic mass is 19.1. The Morgan fingerprint density at radius 2 is 2.18 bits per heavy atom. The van der Waals surface area contributed by atoms with Gasteiger partial charge < -0.3 is 20.1 Å². The number of halogens is 1. The highest BCUT2D eigenvalue weighted by Crippen LogP contribution is 2.18. The van der Waals surface area contributed by atoms with Gasteiger partial charge in [-0.3, -0.25) is 4.79 Å². The number of carbonyl (C=O) groups is 1. The van der Waals surface area contributed by atoms with Crippen LogP contribution >= 0.6 is 0 Å². The van der Waals surface area contributed by atoms with E-state index in [0.717, 1.165) is 6.54 Å². The second-order valence-electron chi connectivity index (χ2n) is 5.83. The molecule has 0 bridgehead atoms. The first kappa shape index (κ1) is 16.9. The molecule has 1 aliphatic heterocycles. The maximum atomic E-state index is 12.9. The molecule has 3 atom stereocenters. The van der Waals surface area contributed by atoms with Gasteiger partial charge in [0.2, 0.25) is 0 Å². The number of hydrogen-bond acceptors (Lipinski definition) is 4. The molecule has 2 N–H and O–H groups in total. The van der Waals surface area contributed by atoms with Gasteiger partial charge >= 0.3 is 0 Å². The molecule has 0 spiro atoms. The summed E-state index contributed by atoms with van der Waals surface area (Å²) in [7, 11) is 1.95.